The molecule has 0 amide bonds. The van der Waals surface area contributed by atoms with Crippen LogP contribution in [0.4, 0.5) is 0 Å². The van der Waals surface area contributed by atoms with Crippen molar-refractivity contribution in [3.63, 3.8) is 0 Å². The maximum Gasteiger partial charge on any atom is 0.347 e. The molecule has 102 valence electrons. The number of benzene rings is 1. The van der Waals surface area contributed by atoms with Gasteiger partial charge >= 0.3 is 11.9 Å². The lowest BCUT2D eigenvalue weighted by Crippen LogP contribution is -2.23. The third-order valence-corrected chi connectivity index (χ3v) is 3.45. The van der Waals surface area contributed by atoms with Crippen LogP contribution in [-0.2, 0) is 24.3 Å². The third-order valence-electron chi connectivity index (χ3n) is 2.53. The summed E-state index contributed by atoms with van der Waals surface area (Å²) in [5.74, 6) is -1.40. The molecule has 7 nitrogen and oxygen atoms in total. The van der Waals surface area contributed by atoms with Gasteiger partial charge in [-0.15, -0.1) is 0 Å². The molecule has 0 spiro atoms. The van der Waals surface area contributed by atoms with E-state index in [2.05, 4.69) is 4.74 Å². The zero-order chi connectivity index (χ0) is 14.0. The van der Waals surface area contributed by atoms with E-state index < -0.39 is 28.1 Å². The van der Waals surface area contributed by atoms with Crippen molar-refractivity contribution in [3.8, 4) is 0 Å². The average Bonchev–Trinajstić information content (AvgIpc) is 2.74. The molecule has 1 fully saturated rings. The van der Waals surface area contributed by atoms with Crippen molar-refractivity contribution >= 4 is 22.0 Å². The van der Waals surface area contributed by atoms with Crippen LogP contribution in [0.2, 0.25) is 0 Å². The molecule has 1 heterocycles. The Bertz CT molecular complexity index is 624. The number of carbonyl (C=O) groups is 2. The lowest BCUT2D eigenvalue weighted by molar-refractivity contribution is -0.145. The van der Waals surface area contributed by atoms with Crippen molar-refractivity contribution in [1.29, 1.82) is 0 Å². The van der Waals surface area contributed by atoms with Gasteiger partial charge in [0.1, 0.15) is 0 Å². The molecule has 1 atom stereocenters. The Kier molecular flexibility index (Phi) is 3.54. The minimum absolute atomic E-state index is 0.00576. The Labute approximate surface area is 109 Å². The number of rotatable bonds is 3. The van der Waals surface area contributed by atoms with Crippen LogP contribution >= 0.6 is 0 Å². The summed E-state index contributed by atoms with van der Waals surface area (Å²) >= 11 is 0. The molecule has 8 heteroatoms. The van der Waals surface area contributed by atoms with Gasteiger partial charge in [0.15, 0.2) is 0 Å². The number of hydrogen-bond donors (Lipinski definition) is 1. The molecule has 19 heavy (non-hydrogen) atoms. The maximum atomic E-state index is 11.8. The highest BCUT2D eigenvalue weighted by Crippen LogP contribution is 2.15. The molecule has 0 aliphatic carbocycles. The van der Waals surface area contributed by atoms with Gasteiger partial charge in [0, 0.05) is 6.42 Å². The molecule has 2 N–H and O–H groups in total. The minimum atomic E-state index is -3.90. The second-order valence-electron chi connectivity index (χ2n) is 3.92. The van der Waals surface area contributed by atoms with Gasteiger partial charge < -0.3 is 9.47 Å². The first-order valence-corrected chi connectivity index (χ1v) is 6.93. The second kappa shape index (κ2) is 4.98. The molecule has 0 unspecified atom stereocenters. The Morgan fingerprint density at radius 3 is 2.74 bits per heavy atom. The van der Waals surface area contributed by atoms with Crippen LogP contribution in [0, 0.1) is 0 Å². The van der Waals surface area contributed by atoms with E-state index in [-0.39, 0.29) is 17.1 Å². The largest absolute Gasteiger partial charge is 0.463 e. The fraction of sp³-hybridized carbons (Fsp3) is 0.273. The van der Waals surface area contributed by atoms with Crippen LogP contribution in [0.3, 0.4) is 0 Å². The highest BCUT2D eigenvalue weighted by Gasteiger charge is 2.30. The molecule has 0 aromatic heterocycles. The van der Waals surface area contributed by atoms with Gasteiger partial charge in [-0.3, -0.25) is 0 Å². The van der Waals surface area contributed by atoms with Crippen LogP contribution in [0.5, 0.6) is 0 Å². The summed E-state index contributed by atoms with van der Waals surface area (Å²) < 4.78 is 31.9. The Morgan fingerprint density at radius 2 is 2.16 bits per heavy atom. The summed E-state index contributed by atoms with van der Waals surface area (Å²) in [5, 5.41) is 4.96. The second-order valence-corrected chi connectivity index (χ2v) is 5.48. The van der Waals surface area contributed by atoms with Crippen LogP contribution < -0.4 is 5.14 Å². The molecule has 1 aliphatic heterocycles. The summed E-state index contributed by atoms with van der Waals surface area (Å²) in [7, 11) is -3.90. The minimum Gasteiger partial charge on any atom is -0.463 e. The fourth-order valence-corrected chi connectivity index (χ4v) is 2.14. The smallest absolute Gasteiger partial charge is 0.347 e. The molecule has 2 rings (SSSR count). The van der Waals surface area contributed by atoms with Crippen LogP contribution in [0.1, 0.15) is 16.8 Å². The molecule has 0 bridgehead atoms. The summed E-state index contributed by atoms with van der Waals surface area (Å²) in [5.41, 5.74) is 0.00576. The van der Waals surface area contributed by atoms with Crippen LogP contribution in [0.25, 0.3) is 0 Å². The van der Waals surface area contributed by atoms with E-state index in [1.165, 1.54) is 18.2 Å². The monoisotopic (exact) mass is 285 g/mol. The predicted octanol–water partition coefficient (Wildman–Crippen LogP) is -0.194. The summed E-state index contributed by atoms with van der Waals surface area (Å²) in [4.78, 5) is 22.7. The topological polar surface area (TPSA) is 113 Å². The summed E-state index contributed by atoms with van der Waals surface area (Å²) in [6, 6.07) is 5.09. The third kappa shape index (κ3) is 3.09. The van der Waals surface area contributed by atoms with Crippen molar-refractivity contribution in [2.75, 3.05) is 6.61 Å². The highest BCUT2D eigenvalue weighted by atomic mass is 32.2. The zero-order valence-electron chi connectivity index (χ0n) is 9.74. The SMILES string of the molecule is NS(=O)(=O)c1cccc(C(=O)O[C@H]2CCOC2=O)c1. The summed E-state index contributed by atoms with van der Waals surface area (Å²) in [6.07, 6.45) is -0.648. The molecule has 1 saturated heterocycles. The lowest BCUT2D eigenvalue weighted by Gasteiger charge is -2.08. The number of cyclic esters (lactones) is 1. The van der Waals surface area contributed by atoms with Gasteiger partial charge in [0.05, 0.1) is 17.1 Å². The van der Waals surface area contributed by atoms with E-state index in [4.69, 9.17) is 9.88 Å². The number of sulfonamides is 1. The van der Waals surface area contributed by atoms with Gasteiger partial charge in [-0.1, -0.05) is 6.07 Å². The number of hydrogen-bond acceptors (Lipinski definition) is 6. The van der Waals surface area contributed by atoms with Gasteiger partial charge in [-0.25, -0.2) is 23.1 Å². The van der Waals surface area contributed by atoms with E-state index in [9.17, 15) is 18.0 Å². The van der Waals surface area contributed by atoms with Crippen LogP contribution in [-0.4, -0.2) is 33.1 Å². The normalized spacial score (nSPS) is 19.0. The predicted molar refractivity (Wildman–Crippen MR) is 62.6 cm³/mol. The zero-order valence-corrected chi connectivity index (χ0v) is 10.6. The molecular formula is C11H11NO6S. The molecule has 0 radical (unpaired) electrons. The van der Waals surface area contributed by atoms with E-state index in [0.717, 1.165) is 6.07 Å². The van der Waals surface area contributed by atoms with Crippen LogP contribution in [0.15, 0.2) is 29.2 Å². The molecule has 0 saturated carbocycles. The first-order valence-electron chi connectivity index (χ1n) is 5.38. The Hall–Kier alpha value is -1.93. The van der Waals surface area contributed by atoms with Gasteiger partial charge in [0.2, 0.25) is 16.1 Å². The first kappa shape index (κ1) is 13.5. The van der Waals surface area contributed by atoms with Crippen molar-refractivity contribution in [1.82, 2.24) is 0 Å². The van der Waals surface area contributed by atoms with Crippen molar-refractivity contribution in [3.05, 3.63) is 29.8 Å². The first-order chi connectivity index (χ1) is 8.88. The van der Waals surface area contributed by atoms with E-state index in [0.29, 0.717) is 6.42 Å². The Balaban J connectivity index is 2.18. The van der Waals surface area contributed by atoms with Gasteiger partial charge in [-0.05, 0) is 18.2 Å². The number of carbonyl (C=O) groups excluding carboxylic acids is 2. The molecule has 1 aliphatic rings. The fourth-order valence-electron chi connectivity index (χ4n) is 1.58. The summed E-state index contributed by atoms with van der Waals surface area (Å²) in [6.45, 7) is 0.202. The van der Waals surface area contributed by atoms with Gasteiger partial charge in [0.25, 0.3) is 0 Å². The standard InChI is InChI=1S/C11H11NO6S/c12-19(15,16)8-3-1-2-7(6-8)10(13)18-9-4-5-17-11(9)14/h1-3,6,9H,4-5H2,(H2,12,15,16)/t9-/m0/s1. The molecular weight excluding hydrogens is 274 g/mol. The molecule has 1 aromatic rings. The number of esters is 2. The van der Waals surface area contributed by atoms with E-state index in [1.807, 2.05) is 0 Å². The van der Waals surface area contributed by atoms with Crippen molar-refractivity contribution < 1.29 is 27.5 Å². The average molecular weight is 285 g/mol. The number of primary sulfonamides is 1. The highest BCUT2D eigenvalue weighted by molar-refractivity contribution is 7.89. The van der Waals surface area contributed by atoms with E-state index >= 15 is 0 Å². The van der Waals surface area contributed by atoms with Gasteiger partial charge in [-0.2, -0.15) is 0 Å². The Morgan fingerprint density at radius 1 is 1.42 bits per heavy atom. The van der Waals surface area contributed by atoms with Crippen molar-refractivity contribution in [2.24, 2.45) is 5.14 Å². The maximum absolute atomic E-state index is 11.8. The van der Waals surface area contributed by atoms with Crippen molar-refractivity contribution in [2.45, 2.75) is 17.4 Å². The number of ether oxygens (including phenoxy) is 2. The van der Waals surface area contributed by atoms with E-state index in [1.54, 1.807) is 0 Å². The quantitative estimate of drug-likeness (QED) is 0.770. The molecule has 1 aromatic carbocycles. The number of nitrogens with two attached hydrogens (primary N) is 1. The lowest BCUT2D eigenvalue weighted by atomic mass is 10.2.